The van der Waals surface area contributed by atoms with Crippen LogP contribution in [-0.2, 0) is 0 Å². The number of benzene rings is 2. The highest BCUT2D eigenvalue weighted by Gasteiger charge is 2.24. The van der Waals surface area contributed by atoms with Crippen molar-refractivity contribution in [2.75, 3.05) is 0 Å². The van der Waals surface area contributed by atoms with Crippen LogP contribution in [0.25, 0.3) is 16.9 Å². The molecule has 2 N–H and O–H groups in total. The van der Waals surface area contributed by atoms with Crippen LogP contribution in [0.3, 0.4) is 0 Å². The molecule has 2 aromatic carbocycles. The van der Waals surface area contributed by atoms with E-state index in [-0.39, 0.29) is 39.2 Å². The van der Waals surface area contributed by atoms with E-state index in [1.807, 2.05) is 13.8 Å². The molecular weight excluding hydrogens is 450 g/mol. The molecule has 2 heterocycles. The Morgan fingerprint density at radius 3 is 2.48 bits per heavy atom. The molecule has 33 heavy (non-hydrogen) atoms. The summed E-state index contributed by atoms with van der Waals surface area (Å²) in [5, 5.41) is 7.12. The van der Waals surface area contributed by atoms with Gasteiger partial charge in [-0.1, -0.05) is 43.6 Å². The molecule has 0 aliphatic carbocycles. The fourth-order valence-corrected chi connectivity index (χ4v) is 3.97. The molecule has 0 spiro atoms. The molecule has 4 rings (SSSR count). The van der Waals surface area contributed by atoms with E-state index < -0.39 is 23.3 Å². The summed E-state index contributed by atoms with van der Waals surface area (Å²) in [6.07, 6.45) is 1.46. The number of rotatable bonds is 5. The van der Waals surface area contributed by atoms with E-state index in [1.54, 1.807) is 25.1 Å². The van der Waals surface area contributed by atoms with E-state index in [1.165, 1.54) is 35.0 Å². The van der Waals surface area contributed by atoms with Crippen molar-refractivity contribution in [1.29, 1.82) is 0 Å². The molecule has 4 aromatic rings. The topological polar surface area (TPSA) is 79.3 Å². The average molecular weight is 471 g/mol. The van der Waals surface area contributed by atoms with Crippen LogP contribution in [0, 0.1) is 11.6 Å². The van der Waals surface area contributed by atoms with E-state index in [2.05, 4.69) is 15.4 Å². The number of nitrogens with zero attached hydrogens (tertiary/aromatic N) is 2. The van der Waals surface area contributed by atoms with E-state index in [0.29, 0.717) is 5.56 Å². The standard InChI is InChI=1S/C24H21ClF2N4O2/c1-12(2)19-17(23(32)28-13(3)14-7-9-15(26)10-8-14)11-31-21(19)24(33)29-22(30-31)16-5-4-6-18(25)20(16)27/h4-13H,1-3H3,(H,28,32)(H,29,30,33)/t13-/m1/s1. The molecular formula is C24H21ClF2N4O2. The third-order valence-electron chi connectivity index (χ3n) is 5.43. The van der Waals surface area contributed by atoms with Crippen LogP contribution < -0.4 is 10.9 Å². The van der Waals surface area contributed by atoms with Crippen molar-refractivity contribution in [3.05, 3.63) is 92.4 Å². The number of H-pyrrole nitrogens is 1. The summed E-state index contributed by atoms with van der Waals surface area (Å²) in [7, 11) is 0. The fraction of sp³-hybridized carbons (Fsp3) is 0.208. The molecule has 9 heteroatoms. The second-order valence-corrected chi connectivity index (χ2v) is 8.46. The molecule has 6 nitrogen and oxygen atoms in total. The lowest BCUT2D eigenvalue weighted by atomic mass is 9.99. The highest BCUT2D eigenvalue weighted by atomic mass is 35.5. The number of aromatic nitrogens is 3. The third-order valence-corrected chi connectivity index (χ3v) is 5.72. The van der Waals surface area contributed by atoms with E-state index in [9.17, 15) is 18.4 Å². The Kier molecular flexibility index (Phi) is 6.03. The third kappa shape index (κ3) is 4.26. The van der Waals surface area contributed by atoms with Crippen molar-refractivity contribution in [3.63, 3.8) is 0 Å². The zero-order valence-electron chi connectivity index (χ0n) is 18.1. The van der Waals surface area contributed by atoms with Gasteiger partial charge in [-0.15, -0.1) is 5.10 Å². The van der Waals surface area contributed by atoms with Gasteiger partial charge in [-0.25, -0.2) is 13.3 Å². The molecule has 1 atom stereocenters. The second kappa shape index (κ2) is 8.78. The van der Waals surface area contributed by atoms with Crippen LogP contribution in [0.1, 0.15) is 54.2 Å². The number of halogens is 3. The minimum absolute atomic E-state index is 0.00977. The molecule has 2 aromatic heterocycles. The summed E-state index contributed by atoms with van der Waals surface area (Å²) in [4.78, 5) is 28.7. The molecule has 1 amide bonds. The first-order chi connectivity index (χ1) is 15.7. The molecule has 0 saturated carbocycles. The van der Waals surface area contributed by atoms with Crippen LogP contribution in [0.2, 0.25) is 5.02 Å². The molecule has 0 bridgehead atoms. The predicted molar refractivity (Wildman–Crippen MR) is 123 cm³/mol. The zero-order valence-corrected chi connectivity index (χ0v) is 18.9. The SMILES string of the molecule is CC(C)c1c(C(=O)N[C@H](C)c2ccc(F)cc2)cn2nc(-c3cccc(Cl)c3F)[nH]c(=O)c12. The average Bonchev–Trinajstić information content (AvgIpc) is 3.16. The van der Waals surface area contributed by atoms with E-state index in [4.69, 9.17) is 11.6 Å². The largest absolute Gasteiger partial charge is 0.345 e. The van der Waals surface area contributed by atoms with Crippen molar-refractivity contribution in [3.8, 4) is 11.4 Å². The summed E-state index contributed by atoms with van der Waals surface area (Å²) in [5.41, 5.74) is 1.27. The minimum Gasteiger partial charge on any atom is -0.345 e. The van der Waals surface area contributed by atoms with Gasteiger partial charge in [-0.2, -0.15) is 0 Å². The lowest BCUT2D eigenvalue weighted by molar-refractivity contribution is 0.0938. The maximum atomic E-state index is 14.5. The lowest BCUT2D eigenvalue weighted by Gasteiger charge is -2.15. The van der Waals surface area contributed by atoms with Crippen LogP contribution in [0.4, 0.5) is 8.78 Å². The Morgan fingerprint density at radius 2 is 1.82 bits per heavy atom. The Hall–Kier alpha value is -3.52. The number of fused-ring (bicyclic) bond motifs is 1. The normalized spacial score (nSPS) is 12.3. The van der Waals surface area contributed by atoms with Gasteiger partial charge in [0.2, 0.25) is 0 Å². The van der Waals surface area contributed by atoms with Gasteiger partial charge in [0.15, 0.2) is 11.6 Å². The minimum atomic E-state index is -0.705. The summed E-state index contributed by atoms with van der Waals surface area (Å²) in [6.45, 7) is 5.50. The maximum Gasteiger partial charge on any atom is 0.275 e. The second-order valence-electron chi connectivity index (χ2n) is 8.06. The van der Waals surface area contributed by atoms with Crippen LogP contribution in [-0.4, -0.2) is 20.5 Å². The summed E-state index contributed by atoms with van der Waals surface area (Å²) < 4.78 is 29.0. The van der Waals surface area contributed by atoms with Gasteiger partial charge in [-0.3, -0.25) is 9.59 Å². The van der Waals surface area contributed by atoms with E-state index >= 15 is 0 Å². The first-order valence-corrected chi connectivity index (χ1v) is 10.7. The highest BCUT2D eigenvalue weighted by molar-refractivity contribution is 6.31. The number of hydrogen-bond donors (Lipinski definition) is 2. The number of hydrogen-bond acceptors (Lipinski definition) is 3. The van der Waals surface area contributed by atoms with Gasteiger partial charge < -0.3 is 10.3 Å². The predicted octanol–water partition coefficient (Wildman–Crippen LogP) is 5.24. The van der Waals surface area contributed by atoms with Gasteiger partial charge in [0.05, 0.1) is 22.2 Å². The molecule has 0 saturated heterocycles. The highest BCUT2D eigenvalue weighted by Crippen LogP contribution is 2.28. The number of amides is 1. The Bertz CT molecular complexity index is 1410. The molecule has 0 radical (unpaired) electrons. The maximum absolute atomic E-state index is 14.5. The number of carbonyl (C=O) groups excluding carboxylic acids is 1. The molecule has 0 aliphatic heterocycles. The van der Waals surface area contributed by atoms with Crippen molar-refractivity contribution in [1.82, 2.24) is 19.9 Å². The molecule has 170 valence electrons. The zero-order chi connectivity index (χ0) is 23.9. The van der Waals surface area contributed by atoms with Crippen molar-refractivity contribution in [2.45, 2.75) is 32.7 Å². The van der Waals surface area contributed by atoms with Crippen LogP contribution in [0.15, 0.2) is 53.5 Å². The van der Waals surface area contributed by atoms with Gasteiger partial charge in [0, 0.05) is 11.8 Å². The summed E-state index contributed by atoms with van der Waals surface area (Å²) in [5.74, 6) is -1.66. The van der Waals surface area contributed by atoms with Gasteiger partial charge in [-0.05, 0) is 42.7 Å². The Labute approximate surface area is 193 Å². The molecule has 0 aliphatic rings. The molecule has 0 unspecified atom stereocenters. The first-order valence-electron chi connectivity index (χ1n) is 10.3. The Morgan fingerprint density at radius 1 is 1.12 bits per heavy atom. The van der Waals surface area contributed by atoms with Crippen LogP contribution in [0.5, 0.6) is 0 Å². The smallest absolute Gasteiger partial charge is 0.275 e. The number of aromatic amines is 1. The van der Waals surface area contributed by atoms with E-state index in [0.717, 1.165) is 5.56 Å². The number of nitrogens with one attached hydrogen (secondary N) is 2. The monoisotopic (exact) mass is 470 g/mol. The van der Waals surface area contributed by atoms with Gasteiger partial charge >= 0.3 is 0 Å². The van der Waals surface area contributed by atoms with Gasteiger partial charge in [0.1, 0.15) is 11.3 Å². The molecule has 0 fully saturated rings. The quantitative estimate of drug-likeness (QED) is 0.419. The number of carbonyl (C=O) groups is 1. The van der Waals surface area contributed by atoms with Crippen molar-refractivity contribution < 1.29 is 13.6 Å². The summed E-state index contributed by atoms with van der Waals surface area (Å²) in [6, 6.07) is 9.84. The Balaban J connectivity index is 1.78. The summed E-state index contributed by atoms with van der Waals surface area (Å²) >= 11 is 5.87. The first kappa shape index (κ1) is 22.7. The lowest BCUT2D eigenvalue weighted by Crippen LogP contribution is -2.27. The van der Waals surface area contributed by atoms with Gasteiger partial charge in [0.25, 0.3) is 11.5 Å². The van der Waals surface area contributed by atoms with Crippen molar-refractivity contribution in [2.24, 2.45) is 0 Å². The van der Waals surface area contributed by atoms with Crippen molar-refractivity contribution >= 4 is 23.0 Å². The van der Waals surface area contributed by atoms with Crippen LogP contribution >= 0.6 is 11.6 Å². The fourth-order valence-electron chi connectivity index (χ4n) is 3.79.